The highest BCUT2D eigenvalue weighted by atomic mass is 19.1. The highest BCUT2D eigenvalue weighted by molar-refractivity contribution is 5.40. The van der Waals surface area contributed by atoms with Gasteiger partial charge in [-0.1, -0.05) is 18.9 Å². The van der Waals surface area contributed by atoms with Crippen LogP contribution in [0.3, 0.4) is 0 Å². The average Bonchev–Trinajstić information content (AvgIpc) is 2.99. The number of benzene rings is 1. The summed E-state index contributed by atoms with van der Waals surface area (Å²) in [5.74, 6) is -0.0886. The van der Waals surface area contributed by atoms with E-state index in [1.165, 1.54) is 31.7 Å². The molecular formula is C17H25FN2O. The summed E-state index contributed by atoms with van der Waals surface area (Å²) >= 11 is 0. The van der Waals surface area contributed by atoms with Crippen molar-refractivity contribution in [2.45, 2.75) is 38.6 Å². The van der Waals surface area contributed by atoms with Gasteiger partial charge in [-0.15, -0.1) is 0 Å². The highest BCUT2D eigenvalue weighted by Crippen LogP contribution is 2.43. The largest absolute Gasteiger partial charge is 0.505 e. The van der Waals surface area contributed by atoms with E-state index >= 15 is 0 Å². The molecule has 0 aromatic heterocycles. The molecule has 1 aromatic rings. The van der Waals surface area contributed by atoms with E-state index in [4.69, 9.17) is 0 Å². The number of rotatable bonds is 3. The fourth-order valence-corrected chi connectivity index (χ4v) is 3.97. The maximum absolute atomic E-state index is 14.0. The minimum absolute atomic E-state index is 0.143. The molecule has 0 spiro atoms. The van der Waals surface area contributed by atoms with Gasteiger partial charge in [-0.05, 0) is 37.3 Å². The Bertz CT molecular complexity index is 494. The number of hydrogen-bond donors (Lipinski definition) is 2. The molecule has 0 unspecified atom stereocenters. The zero-order valence-corrected chi connectivity index (χ0v) is 12.7. The average molecular weight is 292 g/mol. The molecule has 116 valence electrons. The maximum atomic E-state index is 14.0. The molecule has 3 nitrogen and oxygen atoms in total. The van der Waals surface area contributed by atoms with Crippen molar-refractivity contribution >= 4 is 0 Å². The molecule has 2 fully saturated rings. The van der Waals surface area contributed by atoms with E-state index in [1.807, 2.05) is 13.0 Å². The zero-order valence-electron chi connectivity index (χ0n) is 12.7. The Morgan fingerprint density at radius 2 is 1.90 bits per heavy atom. The molecule has 21 heavy (non-hydrogen) atoms. The van der Waals surface area contributed by atoms with Crippen LogP contribution < -0.4 is 5.32 Å². The Morgan fingerprint density at radius 1 is 1.24 bits per heavy atom. The first-order chi connectivity index (χ1) is 10.2. The molecule has 3 rings (SSSR count). The first kappa shape index (κ1) is 14.8. The van der Waals surface area contributed by atoms with E-state index < -0.39 is 5.82 Å². The lowest BCUT2D eigenvalue weighted by atomic mass is 9.88. The predicted octanol–water partition coefficient (Wildman–Crippen LogP) is 2.98. The van der Waals surface area contributed by atoms with Crippen LogP contribution in [0.5, 0.6) is 5.75 Å². The number of aromatic hydroxyl groups is 1. The normalized spacial score (nSPS) is 22.6. The topological polar surface area (TPSA) is 35.5 Å². The van der Waals surface area contributed by atoms with Gasteiger partial charge >= 0.3 is 0 Å². The third-order valence-corrected chi connectivity index (χ3v) is 4.95. The summed E-state index contributed by atoms with van der Waals surface area (Å²) in [6.45, 7) is 5.78. The molecule has 1 aromatic carbocycles. The Balaban J connectivity index is 1.97. The van der Waals surface area contributed by atoms with Crippen molar-refractivity contribution in [1.29, 1.82) is 0 Å². The van der Waals surface area contributed by atoms with Crippen molar-refractivity contribution in [3.05, 3.63) is 29.1 Å². The Labute approximate surface area is 126 Å². The number of hydrogen-bond acceptors (Lipinski definition) is 3. The van der Waals surface area contributed by atoms with Crippen LogP contribution in [0.15, 0.2) is 12.1 Å². The van der Waals surface area contributed by atoms with E-state index in [1.54, 1.807) is 0 Å². The SMILES string of the molecule is Cc1cc(F)c(O)c([C@H](C2CCCC2)N2CCNCC2)c1. The van der Waals surface area contributed by atoms with Gasteiger partial charge in [0.2, 0.25) is 0 Å². The van der Waals surface area contributed by atoms with E-state index in [0.717, 1.165) is 37.3 Å². The van der Waals surface area contributed by atoms with Crippen molar-refractivity contribution in [2.75, 3.05) is 26.2 Å². The van der Waals surface area contributed by atoms with Crippen LogP contribution in [0.4, 0.5) is 4.39 Å². The minimum atomic E-state index is -0.483. The van der Waals surface area contributed by atoms with Crippen molar-refractivity contribution in [3.8, 4) is 5.75 Å². The first-order valence-electron chi connectivity index (χ1n) is 8.10. The Morgan fingerprint density at radius 3 is 2.57 bits per heavy atom. The fraction of sp³-hybridized carbons (Fsp3) is 0.647. The second kappa shape index (κ2) is 6.32. The van der Waals surface area contributed by atoms with Gasteiger partial charge < -0.3 is 10.4 Å². The van der Waals surface area contributed by atoms with Crippen molar-refractivity contribution in [1.82, 2.24) is 10.2 Å². The molecule has 1 aliphatic carbocycles. The van der Waals surface area contributed by atoms with Crippen molar-refractivity contribution < 1.29 is 9.50 Å². The first-order valence-corrected chi connectivity index (χ1v) is 8.10. The molecule has 1 atom stereocenters. The molecule has 0 radical (unpaired) electrons. The minimum Gasteiger partial charge on any atom is -0.505 e. The summed E-state index contributed by atoms with van der Waals surface area (Å²) in [6, 6.07) is 3.55. The van der Waals surface area contributed by atoms with E-state index in [0.29, 0.717) is 5.92 Å². The van der Waals surface area contributed by atoms with E-state index in [9.17, 15) is 9.50 Å². The van der Waals surface area contributed by atoms with Gasteiger partial charge in [0, 0.05) is 37.8 Å². The predicted molar refractivity (Wildman–Crippen MR) is 81.9 cm³/mol. The third-order valence-electron chi connectivity index (χ3n) is 4.95. The lowest BCUT2D eigenvalue weighted by Crippen LogP contribution is -2.46. The maximum Gasteiger partial charge on any atom is 0.165 e. The van der Waals surface area contributed by atoms with Crippen LogP contribution in [0, 0.1) is 18.7 Å². The molecule has 1 saturated heterocycles. The lowest BCUT2D eigenvalue weighted by Gasteiger charge is -2.39. The number of phenols is 1. The van der Waals surface area contributed by atoms with Gasteiger partial charge in [-0.25, -0.2) is 4.39 Å². The Kier molecular flexibility index (Phi) is 4.45. The number of phenolic OH excluding ortho intramolecular Hbond substituents is 1. The van der Waals surface area contributed by atoms with Gasteiger partial charge in [0.1, 0.15) is 0 Å². The third kappa shape index (κ3) is 3.06. The molecule has 1 heterocycles. The molecular weight excluding hydrogens is 267 g/mol. The second-order valence-corrected chi connectivity index (χ2v) is 6.46. The van der Waals surface area contributed by atoms with Crippen LogP contribution >= 0.6 is 0 Å². The molecule has 1 saturated carbocycles. The van der Waals surface area contributed by atoms with E-state index in [-0.39, 0.29) is 11.8 Å². The summed E-state index contributed by atoms with van der Waals surface area (Å²) < 4.78 is 14.0. The number of aryl methyl sites for hydroxylation is 1. The smallest absolute Gasteiger partial charge is 0.165 e. The van der Waals surface area contributed by atoms with Crippen LogP contribution in [0.25, 0.3) is 0 Å². The van der Waals surface area contributed by atoms with Crippen LogP contribution in [0.1, 0.15) is 42.9 Å². The summed E-state index contributed by atoms with van der Waals surface area (Å²) in [5, 5.41) is 13.6. The number of nitrogens with zero attached hydrogens (tertiary/aromatic N) is 1. The van der Waals surface area contributed by atoms with Gasteiger partial charge in [0.15, 0.2) is 11.6 Å². The highest BCUT2D eigenvalue weighted by Gasteiger charge is 2.34. The van der Waals surface area contributed by atoms with Gasteiger partial charge in [0.25, 0.3) is 0 Å². The molecule has 0 bridgehead atoms. The van der Waals surface area contributed by atoms with Crippen molar-refractivity contribution in [3.63, 3.8) is 0 Å². The quantitative estimate of drug-likeness (QED) is 0.899. The zero-order chi connectivity index (χ0) is 14.8. The van der Waals surface area contributed by atoms with Crippen LogP contribution in [-0.4, -0.2) is 36.2 Å². The van der Waals surface area contributed by atoms with Gasteiger partial charge in [0.05, 0.1) is 0 Å². The summed E-state index contributed by atoms with van der Waals surface area (Å²) in [7, 11) is 0. The summed E-state index contributed by atoms with van der Waals surface area (Å²) in [4.78, 5) is 2.43. The Hall–Kier alpha value is -1.13. The fourth-order valence-electron chi connectivity index (χ4n) is 3.97. The summed E-state index contributed by atoms with van der Waals surface area (Å²) in [5.41, 5.74) is 1.68. The number of halogens is 1. The number of nitrogens with one attached hydrogen (secondary N) is 1. The molecule has 4 heteroatoms. The molecule has 1 aliphatic heterocycles. The number of piperazine rings is 1. The van der Waals surface area contributed by atoms with E-state index in [2.05, 4.69) is 10.2 Å². The van der Waals surface area contributed by atoms with Crippen LogP contribution in [0.2, 0.25) is 0 Å². The summed E-state index contributed by atoms with van der Waals surface area (Å²) in [6.07, 6.45) is 4.87. The molecule has 2 N–H and O–H groups in total. The van der Waals surface area contributed by atoms with Gasteiger partial charge in [-0.3, -0.25) is 4.90 Å². The lowest BCUT2D eigenvalue weighted by molar-refractivity contribution is 0.122. The standard InChI is InChI=1S/C17H25FN2O/c1-12-10-14(17(21)15(18)11-12)16(13-4-2-3-5-13)20-8-6-19-7-9-20/h10-11,13,16,19,21H,2-9H2,1H3/t16-/m0/s1. The molecule has 2 aliphatic rings. The second-order valence-electron chi connectivity index (χ2n) is 6.46. The van der Waals surface area contributed by atoms with Crippen molar-refractivity contribution in [2.24, 2.45) is 5.92 Å². The van der Waals surface area contributed by atoms with Crippen LogP contribution in [-0.2, 0) is 0 Å². The monoisotopic (exact) mass is 292 g/mol. The molecule has 0 amide bonds. The van der Waals surface area contributed by atoms with Gasteiger partial charge in [-0.2, -0.15) is 0 Å².